The van der Waals surface area contributed by atoms with Crippen LogP contribution in [0.5, 0.6) is 0 Å². The summed E-state index contributed by atoms with van der Waals surface area (Å²) in [6, 6.07) is 0.0408. The van der Waals surface area contributed by atoms with Crippen molar-refractivity contribution in [3.8, 4) is 0 Å². The van der Waals surface area contributed by atoms with Crippen molar-refractivity contribution >= 4 is 5.69 Å². The second-order valence-corrected chi connectivity index (χ2v) is 5.13. The third-order valence-electron chi connectivity index (χ3n) is 3.19. The number of hydrogen-bond donors (Lipinski definition) is 1. The highest BCUT2D eigenvalue weighted by molar-refractivity contribution is 5.43. The van der Waals surface area contributed by atoms with Gasteiger partial charge in [0, 0.05) is 32.5 Å². The Morgan fingerprint density at radius 1 is 1.50 bits per heavy atom. The number of aromatic nitrogens is 2. The number of nitro groups is 1. The van der Waals surface area contributed by atoms with Gasteiger partial charge in [0.2, 0.25) is 0 Å². The fourth-order valence-electron chi connectivity index (χ4n) is 2.30. The molecule has 0 aromatic carbocycles. The van der Waals surface area contributed by atoms with E-state index in [1.54, 1.807) is 18.8 Å². The quantitative estimate of drug-likeness (QED) is 0.579. The zero-order valence-corrected chi connectivity index (χ0v) is 12.8. The highest BCUT2D eigenvalue weighted by atomic mass is 16.6. The van der Waals surface area contributed by atoms with E-state index in [1.807, 2.05) is 20.8 Å². The zero-order chi connectivity index (χ0) is 15.3. The van der Waals surface area contributed by atoms with E-state index in [2.05, 4.69) is 10.4 Å². The monoisotopic (exact) mass is 284 g/mol. The SMILES string of the molecule is CCNC(COC)Cc1c([N+](=O)[O-])c(C(C)C)nn1C. The number of methoxy groups -OCH3 is 1. The molecule has 1 unspecified atom stereocenters. The highest BCUT2D eigenvalue weighted by Crippen LogP contribution is 2.29. The number of rotatable bonds is 8. The minimum Gasteiger partial charge on any atom is -0.383 e. The largest absolute Gasteiger partial charge is 0.383 e. The molecule has 1 aromatic rings. The van der Waals surface area contributed by atoms with E-state index in [0.29, 0.717) is 24.4 Å². The fraction of sp³-hybridized carbons (Fsp3) is 0.769. The lowest BCUT2D eigenvalue weighted by Gasteiger charge is -2.16. The molecule has 1 N–H and O–H groups in total. The normalized spacial score (nSPS) is 12.9. The van der Waals surface area contributed by atoms with Gasteiger partial charge in [-0.15, -0.1) is 0 Å². The standard InChI is InChI=1S/C13H24N4O3/c1-6-14-10(8-20-5)7-11-13(17(18)19)12(9(2)3)15-16(11)4/h9-10,14H,6-8H2,1-5H3. The second-order valence-electron chi connectivity index (χ2n) is 5.13. The summed E-state index contributed by atoms with van der Waals surface area (Å²) in [7, 11) is 3.38. The van der Waals surface area contributed by atoms with Crippen LogP contribution in [-0.2, 0) is 18.2 Å². The van der Waals surface area contributed by atoms with E-state index in [9.17, 15) is 10.1 Å². The van der Waals surface area contributed by atoms with Gasteiger partial charge in [0.25, 0.3) is 0 Å². The number of ether oxygens (including phenoxy) is 1. The van der Waals surface area contributed by atoms with Gasteiger partial charge in [-0.05, 0) is 6.54 Å². The van der Waals surface area contributed by atoms with Crippen molar-refractivity contribution in [2.45, 2.75) is 39.2 Å². The number of likely N-dealkylation sites (N-methyl/N-ethyl adjacent to an activating group) is 1. The summed E-state index contributed by atoms with van der Waals surface area (Å²) >= 11 is 0. The van der Waals surface area contributed by atoms with E-state index in [-0.39, 0.29) is 22.6 Å². The van der Waals surface area contributed by atoms with Crippen LogP contribution in [0.4, 0.5) is 5.69 Å². The molecule has 20 heavy (non-hydrogen) atoms. The molecule has 0 amide bonds. The van der Waals surface area contributed by atoms with Crippen molar-refractivity contribution in [1.82, 2.24) is 15.1 Å². The van der Waals surface area contributed by atoms with Gasteiger partial charge in [-0.1, -0.05) is 20.8 Å². The van der Waals surface area contributed by atoms with Crippen molar-refractivity contribution in [2.24, 2.45) is 7.05 Å². The maximum atomic E-state index is 11.4. The van der Waals surface area contributed by atoms with Gasteiger partial charge in [0.1, 0.15) is 11.4 Å². The second kappa shape index (κ2) is 7.35. The molecule has 7 nitrogen and oxygen atoms in total. The van der Waals surface area contributed by atoms with Crippen LogP contribution in [0.15, 0.2) is 0 Å². The smallest absolute Gasteiger partial charge is 0.313 e. The molecular weight excluding hydrogens is 260 g/mol. The lowest BCUT2D eigenvalue weighted by Crippen LogP contribution is -2.35. The van der Waals surface area contributed by atoms with Crippen LogP contribution < -0.4 is 5.32 Å². The Labute approximate surface area is 119 Å². The molecule has 0 bridgehead atoms. The summed E-state index contributed by atoms with van der Waals surface area (Å²) in [6.45, 7) is 7.12. The number of nitrogens with zero attached hydrogens (tertiary/aromatic N) is 3. The van der Waals surface area contributed by atoms with Gasteiger partial charge in [-0.25, -0.2) is 0 Å². The summed E-state index contributed by atoms with van der Waals surface area (Å²) < 4.78 is 6.78. The molecular formula is C13H24N4O3. The predicted octanol–water partition coefficient (Wildman–Crippen LogP) is 1.62. The number of nitrogens with one attached hydrogen (secondary N) is 1. The van der Waals surface area contributed by atoms with Crippen LogP contribution in [0.25, 0.3) is 0 Å². The van der Waals surface area contributed by atoms with Gasteiger partial charge >= 0.3 is 5.69 Å². The van der Waals surface area contributed by atoms with E-state index >= 15 is 0 Å². The molecule has 0 radical (unpaired) electrons. The van der Waals surface area contributed by atoms with Gasteiger partial charge in [-0.2, -0.15) is 5.10 Å². The van der Waals surface area contributed by atoms with Crippen molar-refractivity contribution in [3.05, 3.63) is 21.5 Å². The Morgan fingerprint density at radius 2 is 2.15 bits per heavy atom. The van der Waals surface area contributed by atoms with Crippen molar-refractivity contribution in [1.29, 1.82) is 0 Å². The van der Waals surface area contributed by atoms with E-state index in [4.69, 9.17) is 4.74 Å². The Balaban J connectivity index is 3.12. The third kappa shape index (κ3) is 3.77. The van der Waals surface area contributed by atoms with E-state index < -0.39 is 0 Å². The minimum absolute atomic E-state index is 0.0235. The predicted molar refractivity (Wildman–Crippen MR) is 77.0 cm³/mol. The topological polar surface area (TPSA) is 82.2 Å². The lowest BCUT2D eigenvalue weighted by atomic mass is 10.1. The Kier molecular flexibility index (Phi) is 6.09. The summed E-state index contributed by atoms with van der Waals surface area (Å²) in [5.74, 6) is 0.0235. The molecule has 0 aliphatic carbocycles. The van der Waals surface area contributed by atoms with Crippen LogP contribution in [0.1, 0.15) is 38.1 Å². The van der Waals surface area contributed by atoms with Crippen molar-refractivity contribution < 1.29 is 9.66 Å². The Hall–Kier alpha value is -1.47. The van der Waals surface area contributed by atoms with Crippen LogP contribution in [0, 0.1) is 10.1 Å². The molecule has 0 spiro atoms. The first kappa shape index (κ1) is 16.6. The minimum atomic E-state index is -0.326. The molecule has 1 aromatic heterocycles. The van der Waals surface area contributed by atoms with E-state index in [1.165, 1.54) is 0 Å². The Morgan fingerprint density at radius 3 is 2.60 bits per heavy atom. The average molecular weight is 284 g/mol. The first-order chi connectivity index (χ1) is 9.42. The molecule has 114 valence electrons. The van der Waals surface area contributed by atoms with Crippen LogP contribution in [0.3, 0.4) is 0 Å². The van der Waals surface area contributed by atoms with Gasteiger partial charge < -0.3 is 10.1 Å². The molecule has 7 heteroatoms. The molecule has 1 rings (SSSR count). The van der Waals surface area contributed by atoms with Gasteiger partial charge in [0.05, 0.1) is 11.5 Å². The summed E-state index contributed by atoms with van der Waals surface area (Å²) in [5, 5.41) is 18.9. The Bertz CT molecular complexity index is 451. The third-order valence-corrected chi connectivity index (χ3v) is 3.19. The summed E-state index contributed by atoms with van der Waals surface area (Å²) in [4.78, 5) is 11.0. The van der Waals surface area contributed by atoms with Crippen molar-refractivity contribution in [2.75, 3.05) is 20.3 Å². The molecule has 1 atom stereocenters. The summed E-state index contributed by atoms with van der Waals surface area (Å²) in [6.07, 6.45) is 0.522. The average Bonchev–Trinajstić information content (AvgIpc) is 2.68. The van der Waals surface area contributed by atoms with Gasteiger partial charge in [0.15, 0.2) is 0 Å². The molecule has 0 aliphatic heterocycles. The van der Waals surface area contributed by atoms with Crippen LogP contribution >= 0.6 is 0 Å². The molecule has 1 heterocycles. The lowest BCUT2D eigenvalue weighted by molar-refractivity contribution is -0.386. The maximum Gasteiger partial charge on any atom is 0.313 e. The van der Waals surface area contributed by atoms with Crippen LogP contribution in [-0.4, -0.2) is 41.0 Å². The summed E-state index contributed by atoms with van der Waals surface area (Å²) in [5.41, 5.74) is 1.32. The first-order valence-corrected chi connectivity index (χ1v) is 6.84. The van der Waals surface area contributed by atoms with Gasteiger partial charge in [-0.3, -0.25) is 14.8 Å². The number of hydrogen-bond acceptors (Lipinski definition) is 5. The first-order valence-electron chi connectivity index (χ1n) is 6.84. The zero-order valence-electron chi connectivity index (χ0n) is 12.8. The highest BCUT2D eigenvalue weighted by Gasteiger charge is 2.29. The molecule has 0 saturated heterocycles. The molecule has 0 aliphatic rings. The van der Waals surface area contributed by atoms with Crippen LogP contribution in [0.2, 0.25) is 0 Å². The maximum absolute atomic E-state index is 11.4. The van der Waals surface area contributed by atoms with E-state index in [0.717, 1.165) is 6.54 Å². The molecule has 0 saturated carbocycles. The fourth-order valence-corrected chi connectivity index (χ4v) is 2.30. The number of aryl methyl sites for hydroxylation is 1. The van der Waals surface area contributed by atoms with Crippen molar-refractivity contribution in [3.63, 3.8) is 0 Å². The molecule has 0 fully saturated rings.